The molecule has 0 unspecified atom stereocenters. The van der Waals surface area contributed by atoms with Gasteiger partial charge in [-0.25, -0.2) is 9.69 Å². The van der Waals surface area contributed by atoms with Crippen LogP contribution in [-0.4, -0.2) is 17.8 Å². The Kier molecular flexibility index (Phi) is 6.32. The maximum atomic E-state index is 13.5. The second-order valence-corrected chi connectivity index (χ2v) is 9.20. The number of imide groups is 2. The molecule has 1 heterocycles. The van der Waals surface area contributed by atoms with Gasteiger partial charge < -0.3 is 4.74 Å². The van der Waals surface area contributed by atoms with Crippen LogP contribution in [0, 0.1) is 20.8 Å². The maximum absolute atomic E-state index is 13.5. The molecule has 4 aromatic rings. The number of carbonyl (C=O) groups excluding carboxylic acids is 3. The lowest BCUT2D eigenvalue weighted by Crippen LogP contribution is -2.54. The van der Waals surface area contributed by atoms with E-state index in [1.165, 1.54) is 17.2 Å². The standard InChI is InChI=1S/C31H26N2O4/c1-19-8-13-24(14-9-19)33-30(35)27(29(34)32-31(33)36)17-26-25-7-5-4-6-23(25)12-15-28(26)37-18-22-11-10-20(2)21(3)16-22/h4-17H,18H2,1-3H3,(H,32,34,36)/b27-17+. The summed E-state index contributed by atoms with van der Waals surface area (Å²) in [6, 6.07) is 23.8. The Hall–Kier alpha value is -4.71. The molecule has 1 saturated heterocycles. The Labute approximate surface area is 215 Å². The van der Waals surface area contributed by atoms with Gasteiger partial charge in [0, 0.05) is 5.56 Å². The van der Waals surface area contributed by atoms with E-state index in [9.17, 15) is 14.4 Å². The zero-order valence-corrected chi connectivity index (χ0v) is 20.9. The van der Waals surface area contributed by atoms with E-state index in [4.69, 9.17) is 4.74 Å². The number of nitrogens with one attached hydrogen (secondary N) is 1. The number of benzene rings is 4. The van der Waals surface area contributed by atoms with E-state index in [0.29, 0.717) is 23.6 Å². The van der Waals surface area contributed by atoms with Crippen LogP contribution in [0.5, 0.6) is 5.75 Å². The van der Waals surface area contributed by atoms with Crippen molar-refractivity contribution in [1.29, 1.82) is 0 Å². The second kappa shape index (κ2) is 9.74. The summed E-state index contributed by atoms with van der Waals surface area (Å²) >= 11 is 0. The van der Waals surface area contributed by atoms with Crippen molar-refractivity contribution in [2.24, 2.45) is 0 Å². The molecule has 0 atom stereocenters. The molecule has 1 fully saturated rings. The number of hydrogen-bond acceptors (Lipinski definition) is 4. The second-order valence-electron chi connectivity index (χ2n) is 9.20. The van der Waals surface area contributed by atoms with Crippen LogP contribution in [-0.2, 0) is 16.2 Å². The highest BCUT2D eigenvalue weighted by atomic mass is 16.5. The first-order valence-corrected chi connectivity index (χ1v) is 12.0. The van der Waals surface area contributed by atoms with Crippen molar-refractivity contribution in [3.05, 3.63) is 112 Å². The summed E-state index contributed by atoms with van der Waals surface area (Å²) in [4.78, 5) is 39.9. The molecule has 0 radical (unpaired) electrons. The highest BCUT2D eigenvalue weighted by Crippen LogP contribution is 2.32. The van der Waals surface area contributed by atoms with Gasteiger partial charge in [-0.15, -0.1) is 0 Å². The third-order valence-corrected chi connectivity index (χ3v) is 6.58. The normalized spacial score (nSPS) is 14.8. The van der Waals surface area contributed by atoms with E-state index in [0.717, 1.165) is 26.8 Å². The molecule has 37 heavy (non-hydrogen) atoms. The zero-order valence-electron chi connectivity index (χ0n) is 20.9. The fourth-order valence-electron chi connectivity index (χ4n) is 4.33. The number of anilines is 1. The van der Waals surface area contributed by atoms with Crippen molar-refractivity contribution < 1.29 is 19.1 Å². The highest BCUT2D eigenvalue weighted by Gasteiger charge is 2.37. The van der Waals surface area contributed by atoms with Crippen LogP contribution >= 0.6 is 0 Å². The number of hydrogen-bond donors (Lipinski definition) is 1. The molecule has 6 nitrogen and oxygen atoms in total. The van der Waals surface area contributed by atoms with Gasteiger partial charge in [-0.1, -0.05) is 66.2 Å². The topological polar surface area (TPSA) is 75.7 Å². The minimum atomic E-state index is -0.778. The summed E-state index contributed by atoms with van der Waals surface area (Å²) in [6.45, 7) is 6.35. The lowest BCUT2D eigenvalue weighted by molar-refractivity contribution is -0.122. The molecule has 0 bridgehead atoms. The molecule has 6 heteroatoms. The minimum Gasteiger partial charge on any atom is -0.488 e. The van der Waals surface area contributed by atoms with Crippen LogP contribution in [0.2, 0.25) is 0 Å². The molecule has 0 aliphatic carbocycles. The first-order chi connectivity index (χ1) is 17.8. The third kappa shape index (κ3) is 4.74. The number of aryl methyl sites for hydroxylation is 3. The van der Waals surface area contributed by atoms with Gasteiger partial charge in [0.05, 0.1) is 5.69 Å². The van der Waals surface area contributed by atoms with Crippen LogP contribution in [0.3, 0.4) is 0 Å². The number of barbiturate groups is 1. The average molecular weight is 491 g/mol. The summed E-state index contributed by atoms with van der Waals surface area (Å²) in [5, 5.41) is 4.06. The Balaban J connectivity index is 1.57. The van der Waals surface area contributed by atoms with Crippen LogP contribution in [0.25, 0.3) is 16.8 Å². The van der Waals surface area contributed by atoms with Gasteiger partial charge >= 0.3 is 6.03 Å². The van der Waals surface area contributed by atoms with Crippen molar-refractivity contribution in [3.63, 3.8) is 0 Å². The zero-order chi connectivity index (χ0) is 26.1. The Morgan fingerprint density at radius 3 is 2.35 bits per heavy atom. The smallest absolute Gasteiger partial charge is 0.335 e. The number of urea groups is 1. The number of rotatable bonds is 5. The molecule has 1 N–H and O–H groups in total. The molecule has 5 rings (SSSR count). The number of carbonyl (C=O) groups is 3. The fraction of sp³-hybridized carbons (Fsp3) is 0.129. The molecular formula is C31H26N2O4. The van der Waals surface area contributed by atoms with Crippen LogP contribution in [0.4, 0.5) is 10.5 Å². The lowest BCUT2D eigenvalue weighted by atomic mass is 9.99. The molecule has 4 amide bonds. The molecule has 184 valence electrons. The van der Waals surface area contributed by atoms with Crippen LogP contribution in [0.15, 0.2) is 84.4 Å². The molecule has 4 aromatic carbocycles. The van der Waals surface area contributed by atoms with Crippen molar-refractivity contribution in [2.75, 3.05) is 4.90 Å². The summed E-state index contributed by atoms with van der Waals surface area (Å²) in [6.07, 6.45) is 1.52. The van der Waals surface area contributed by atoms with Gasteiger partial charge in [-0.2, -0.15) is 0 Å². The molecule has 0 aromatic heterocycles. The fourth-order valence-corrected chi connectivity index (χ4v) is 4.33. The van der Waals surface area contributed by atoms with Gasteiger partial charge in [-0.3, -0.25) is 14.9 Å². The van der Waals surface area contributed by atoms with E-state index in [1.807, 2.05) is 49.4 Å². The molecule has 1 aliphatic heterocycles. The average Bonchev–Trinajstić information content (AvgIpc) is 2.88. The van der Waals surface area contributed by atoms with Gasteiger partial charge in [0.15, 0.2) is 0 Å². The van der Waals surface area contributed by atoms with E-state index in [-0.39, 0.29) is 5.57 Å². The summed E-state index contributed by atoms with van der Waals surface area (Å²) in [5.41, 5.74) is 5.21. The van der Waals surface area contributed by atoms with E-state index < -0.39 is 17.8 Å². The largest absolute Gasteiger partial charge is 0.488 e. The minimum absolute atomic E-state index is 0.146. The lowest BCUT2D eigenvalue weighted by Gasteiger charge is -2.26. The van der Waals surface area contributed by atoms with Crippen LogP contribution < -0.4 is 15.0 Å². The van der Waals surface area contributed by atoms with Crippen molar-refractivity contribution >= 4 is 40.4 Å². The quantitative estimate of drug-likeness (QED) is 0.275. The van der Waals surface area contributed by atoms with Gasteiger partial charge in [-0.05, 0) is 72.5 Å². The van der Waals surface area contributed by atoms with Gasteiger partial charge in [0.25, 0.3) is 11.8 Å². The molecule has 1 aliphatic rings. The summed E-state index contributed by atoms with van der Waals surface area (Å²) < 4.78 is 6.22. The number of ether oxygens (including phenoxy) is 1. The number of fused-ring (bicyclic) bond motifs is 1. The number of amides is 4. The van der Waals surface area contributed by atoms with Gasteiger partial charge in [0.2, 0.25) is 0 Å². The molecule has 0 spiro atoms. The molecule has 0 saturated carbocycles. The van der Waals surface area contributed by atoms with Gasteiger partial charge in [0.1, 0.15) is 17.9 Å². The monoisotopic (exact) mass is 490 g/mol. The highest BCUT2D eigenvalue weighted by molar-refractivity contribution is 6.39. The number of nitrogens with zero attached hydrogens (tertiary/aromatic N) is 1. The Bertz CT molecular complexity index is 1590. The Morgan fingerprint density at radius 2 is 1.59 bits per heavy atom. The first-order valence-electron chi connectivity index (χ1n) is 12.0. The van der Waals surface area contributed by atoms with Crippen LogP contribution in [0.1, 0.15) is 27.8 Å². The first kappa shape index (κ1) is 24.0. The maximum Gasteiger partial charge on any atom is 0.335 e. The predicted octanol–water partition coefficient (Wildman–Crippen LogP) is 6.01. The predicted molar refractivity (Wildman–Crippen MR) is 144 cm³/mol. The van der Waals surface area contributed by atoms with Crippen molar-refractivity contribution in [1.82, 2.24) is 5.32 Å². The van der Waals surface area contributed by atoms with E-state index >= 15 is 0 Å². The Morgan fingerprint density at radius 1 is 0.838 bits per heavy atom. The SMILES string of the molecule is Cc1ccc(N2C(=O)NC(=O)/C(=C\c3c(OCc4ccc(C)c(C)c4)ccc4ccccc34)C2=O)cc1. The van der Waals surface area contributed by atoms with E-state index in [1.54, 1.807) is 24.3 Å². The molecular weight excluding hydrogens is 464 g/mol. The van der Waals surface area contributed by atoms with Crippen molar-refractivity contribution in [3.8, 4) is 5.75 Å². The van der Waals surface area contributed by atoms with E-state index in [2.05, 4.69) is 31.3 Å². The summed E-state index contributed by atoms with van der Waals surface area (Å²) in [5.74, 6) is -0.902. The summed E-state index contributed by atoms with van der Waals surface area (Å²) in [7, 11) is 0. The third-order valence-electron chi connectivity index (χ3n) is 6.58. The van der Waals surface area contributed by atoms with Crippen molar-refractivity contribution in [2.45, 2.75) is 27.4 Å².